The third kappa shape index (κ3) is 7.24. The molecule has 0 saturated carbocycles. The van der Waals surface area contributed by atoms with Crippen molar-refractivity contribution in [3.05, 3.63) is 112 Å². The first-order chi connectivity index (χ1) is 25.4. The van der Waals surface area contributed by atoms with E-state index in [2.05, 4.69) is 55.8 Å². The van der Waals surface area contributed by atoms with Crippen LogP contribution in [-0.4, -0.2) is 50.0 Å². The molecule has 5 aromatic rings. The summed E-state index contributed by atoms with van der Waals surface area (Å²) in [5, 5.41) is 15.8. The van der Waals surface area contributed by atoms with Gasteiger partial charge in [-0.2, -0.15) is 5.10 Å². The smallest absolute Gasteiger partial charge is 0.266 e. The Balaban J connectivity index is 1.04. The summed E-state index contributed by atoms with van der Waals surface area (Å²) >= 11 is 0. The molecule has 2 atom stereocenters. The molecule has 12 heteroatoms. The highest BCUT2D eigenvalue weighted by molar-refractivity contribution is 6.03. The average molecular weight is 722 g/mol. The lowest BCUT2D eigenvalue weighted by Crippen LogP contribution is -2.49. The Labute approximate surface area is 306 Å². The van der Waals surface area contributed by atoms with E-state index >= 15 is 0 Å². The lowest BCUT2D eigenvalue weighted by atomic mass is 9.74. The number of carbonyl (C=O) groups excluding carboxylic acids is 2. The van der Waals surface area contributed by atoms with E-state index in [1.807, 2.05) is 32.0 Å². The number of imide groups is 1. The summed E-state index contributed by atoms with van der Waals surface area (Å²) in [5.41, 5.74) is 5.40. The number of likely N-dealkylation sites (tertiary alicyclic amines) is 1. The zero-order chi connectivity index (χ0) is 37.4. The number of nitrogens with one attached hydrogen (secondary N) is 2. The Bertz CT molecular complexity index is 2200. The van der Waals surface area contributed by atoms with Gasteiger partial charge in [-0.05, 0) is 101 Å². The Kier molecular flexibility index (Phi) is 9.99. The van der Waals surface area contributed by atoms with Crippen LogP contribution in [0.5, 0.6) is 0 Å². The summed E-state index contributed by atoms with van der Waals surface area (Å²) in [5.74, 6) is -0.560. The number of carbonyl (C=O) groups is 2. The molecule has 2 fully saturated rings. The second-order valence-corrected chi connectivity index (χ2v) is 14.5. The predicted molar refractivity (Wildman–Crippen MR) is 197 cm³/mol. The highest BCUT2D eigenvalue weighted by Crippen LogP contribution is 2.37. The van der Waals surface area contributed by atoms with Gasteiger partial charge in [-0.15, -0.1) is 5.10 Å². The molecular formula is C41H42F3N7O2. The third-order valence-electron chi connectivity index (χ3n) is 11.0. The van der Waals surface area contributed by atoms with Crippen molar-refractivity contribution in [2.75, 3.05) is 18.4 Å². The number of rotatable bonds is 9. The molecule has 0 aliphatic carbocycles. The fourth-order valence-corrected chi connectivity index (χ4v) is 7.70. The second kappa shape index (κ2) is 14.7. The Morgan fingerprint density at radius 1 is 0.981 bits per heavy atom. The van der Waals surface area contributed by atoms with Crippen LogP contribution in [0.2, 0.25) is 0 Å². The van der Waals surface area contributed by atoms with Gasteiger partial charge in [0, 0.05) is 47.3 Å². The first-order valence-electron chi connectivity index (χ1n) is 18.0. The van der Waals surface area contributed by atoms with Crippen LogP contribution in [0, 0.1) is 19.7 Å². The van der Waals surface area contributed by atoms with Crippen LogP contribution >= 0.6 is 0 Å². The van der Waals surface area contributed by atoms with Gasteiger partial charge < -0.3 is 5.32 Å². The van der Waals surface area contributed by atoms with Crippen molar-refractivity contribution in [2.45, 2.75) is 83.7 Å². The van der Waals surface area contributed by atoms with Gasteiger partial charge in [-0.3, -0.25) is 29.8 Å². The second-order valence-electron chi connectivity index (χ2n) is 14.5. The molecule has 2 aliphatic rings. The molecule has 5 heterocycles. The van der Waals surface area contributed by atoms with Crippen molar-refractivity contribution in [3.63, 3.8) is 0 Å². The number of piperidine rings is 2. The van der Waals surface area contributed by atoms with Crippen LogP contribution < -0.4 is 10.6 Å². The van der Waals surface area contributed by atoms with Crippen LogP contribution in [0.25, 0.3) is 22.0 Å². The fourth-order valence-electron chi connectivity index (χ4n) is 7.70. The van der Waals surface area contributed by atoms with E-state index in [4.69, 9.17) is 4.98 Å². The number of fused-ring (bicyclic) bond motifs is 1. The third-order valence-corrected chi connectivity index (χ3v) is 11.0. The number of aryl methyl sites for hydroxylation is 2. The minimum atomic E-state index is -2.92. The summed E-state index contributed by atoms with van der Waals surface area (Å²) in [6.07, 6.45) is 3.47. The number of anilines is 1. The maximum atomic E-state index is 15.0. The molecule has 0 radical (unpaired) electrons. The molecule has 2 saturated heterocycles. The van der Waals surface area contributed by atoms with Crippen molar-refractivity contribution in [2.24, 2.45) is 0 Å². The number of amides is 2. The summed E-state index contributed by atoms with van der Waals surface area (Å²) in [4.78, 5) is 36.3. The van der Waals surface area contributed by atoms with Gasteiger partial charge in [0.15, 0.2) is 5.82 Å². The van der Waals surface area contributed by atoms with E-state index < -0.39 is 29.3 Å². The van der Waals surface area contributed by atoms with E-state index in [0.717, 1.165) is 59.6 Å². The van der Waals surface area contributed by atoms with Crippen LogP contribution in [0.1, 0.15) is 97.1 Å². The van der Waals surface area contributed by atoms with Crippen LogP contribution in [-0.2, 0) is 21.5 Å². The first-order valence-corrected chi connectivity index (χ1v) is 18.0. The van der Waals surface area contributed by atoms with Gasteiger partial charge in [0.2, 0.25) is 11.8 Å². The highest BCUT2D eigenvalue weighted by atomic mass is 19.3. The van der Waals surface area contributed by atoms with E-state index in [9.17, 15) is 22.8 Å². The average Bonchev–Trinajstić information content (AvgIpc) is 3.15. The van der Waals surface area contributed by atoms with Crippen molar-refractivity contribution >= 4 is 28.4 Å². The zero-order valence-electron chi connectivity index (χ0n) is 30.2. The molecule has 0 bridgehead atoms. The van der Waals surface area contributed by atoms with E-state index in [1.165, 1.54) is 23.3 Å². The summed E-state index contributed by atoms with van der Waals surface area (Å²) < 4.78 is 41.7. The number of nitrogens with zero attached hydrogens (tertiary/aromatic N) is 5. The maximum absolute atomic E-state index is 15.0. The highest BCUT2D eigenvalue weighted by Gasteiger charge is 2.40. The first kappa shape index (κ1) is 36.1. The summed E-state index contributed by atoms with van der Waals surface area (Å²) in [7, 11) is 0. The number of pyridine rings is 2. The predicted octanol–water partition coefficient (Wildman–Crippen LogP) is 8.03. The Morgan fingerprint density at radius 3 is 2.49 bits per heavy atom. The molecule has 0 spiro atoms. The van der Waals surface area contributed by atoms with Crippen LogP contribution in [0.3, 0.4) is 0 Å². The summed E-state index contributed by atoms with van der Waals surface area (Å²) in [6, 6.07) is 15.6. The van der Waals surface area contributed by atoms with Crippen molar-refractivity contribution in [1.29, 1.82) is 0 Å². The molecule has 274 valence electrons. The van der Waals surface area contributed by atoms with Gasteiger partial charge in [-0.25, -0.2) is 13.2 Å². The largest absolute Gasteiger partial charge is 0.361 e. The Hall–Kier alpha value is -5.23. The van der Waals surface area contributed by atoms with E-state index in [-0.39, 0.29) is 17.4 Å². The fraction of sp³-hybridized carbons (Fsp3) is 0.366. The van der Waals surface area contributed by atoms with Crippen molar-refractivity contribution in [3.8, 4) is 11.3 Å². The molecule has 53 heavy (non-hydrogen) atoms. The molecule has 2 aromatic carbocycles. The van der Waals surface area contributed by atoms with E-state index in [0.29, 0.717) is 42.5 Å². The molecule has 7 rings (SSSR count). The van der Waals surface area contributed by atoms with Crippen molar-refractivity contribution < 1.29 is 22.8 Å². The maximum Gasteiger partial charge on any atom is 0.266 e. The molecule has 2 N–H and O–H groups in total. The molecular weight excluding hydrogens is 679 g/mol. The number of aromatic nitrogens is 4. The molecule has 3 aromatic heterocycles. The number of hydrogen-bond acceptors (Lipinski definition) is 8. The lowest BCUT2D eigenvalue weighted by molar-refractivity contribution is -0.137. The van der Waals surface area contributed by atoms with Crippen LogP contribution in [0.15, 0.2) is 67.0 Å². The monoisotopic (exact) mass is 721 g/mol. The number of halogens is 3. The molecule has 2 amide bonds. The molecule has 9 nitrogen and oxygen atoms in total. The Morgan fingerprint density at radius 2 is 1.75 bits per heavy atom. The number of alkyl halides is 2. The van der Waals surface area contributed by atoms with Crippen LogP contribution in [0.4, 0.5) is 19.0 Å². The normalized spacial score (nSPS) is 19.1. The number of hydrogen-bond donors (Lipinski definition) is 2. The van der Waals surface area contributed by atoms with Gasteiger partial charge >= 0.3 is 0 Å². The lowest BCUT2D eigenvalue weighted by Gasteiger charge is -2.34. The van der Waals surface area contributed by atoms with E-state index in [1.54, 1.807) is 19.3 Å². The topological polar surface area (TPSA) is 113 Å². The van der Waals surface area contributed by atoms with Gasteiger partial charge in [0.05, 0.1) is 34.1 Å². The van der Waals surface area contributed by atoms with Crippen molar-refractivity contribution in [1.82, 2.24) is 30.4 Å². The molecule has 0 unspecified atom stereocenters. The standard InChI is InChI=1S/C41H42F3N7O2/c1-23-18-28(41(4)14-10-36(52)48-40(41)53)8-9-30(23)26-12-16-51(17-13-26)22-29-19-27(11-15-45-29)35-20-33-34(21-46-35)25(3)49-50-39(33)47-24(2)31-6-5-7-32(37(31)42)38(43)44/h5-9,11,15,18-21,24,26,38H,10,12-14,16-17,22H2,1-4H3,(H,47,50)(H,48,52,53)/t24-,41-/m1/s1. The molecule has 2 aliphatic heterocycles. The van der Waals surface area contributed by atoms with Gasteiger partial charge in [0.25, 0.3) is 6.43 Å². The van der Waals surface area contributed by atoms with Gasteiger partial charge in [0.1, 0.15) is 5.82 Å². The SMILES string of the molecule is Cc1cc([C@@]2(C)CCC(=O)NC2=O)ccc1C1CCN(Cc2cc(-c3cc4c(N[C@H](C)c5cccc(C(F)F)c5F)nnc(C)c4cn3)ccn2)CC1. The minimum absolute atomic E-state index is 0.114. The number of benzene rings is 2. The summed E-state index contributed by atoms with van der Waals surface area (Å²) in [6.45, 7) is 10.1. The minimum Gasteiger partial charge on any atom is -0.361 e. The van der Waals surface area contributed by atoms with Gasteiger partial charge in [-0.1, -0.05) is 36.4 Å². The quantitative estimate of drug-likeness (QED) is 0.147. The zero-order valence-corrected chi connectivity index (χ0v) is 30.2.